The quantitative estimate of drug-likeness (QED) is 0.352. The van der Waals surface area contributed by atoms with E-state index in [1.54, 1.807) is 36.4 Å². The number of hydrogen-bond acceptors (Lipinski definition) is 4. The zero-order valence-electron chi connectivity index (χ0n) is 24.6. The highest BCUT2D eigenvalue weighted by atomic mass is 32.2. The molecule has 0 fully saturated rings. The lowest BCUT2D eigenvalue weighted by Crippen LogP contribution is -2.55. The van der Waals surface area contributed by atoms with Crippen molar-refractivity contribution in [3.8, 4) is 0 Å². The molecule has 3 aromatic carbocycles. The zero-order chi connectivity index (χ0) is 29.7. The summed E-state index contributed by atoms with van der Waals surface area (Å²) in [6, 6.07) is 20.5. The number of amides is 2. The van der Waals surface area contributed by atoms with Crippen LogP contribution in [0.1, 0.15) is 56.4 Å². The molecule has 0 aliphatic carbocycles. The molecule has 8 heteroatoms. The Morgan fingerprint density at radius 3 is 2.05 bits per heavy atom. The van der Waals surface area contributed by atoms with Crippen molar-refractivity contribution in [1.82, 2.24) is 10.2 Å². The lowest BCUT2D eigenvalue weighted by molar-refractivity contribution is -0.141. The lowest BCUT2D eigenvalue weighted by atomic mass is 10.1. The van der Waals surface area contributed by atoms with E-state index in [0.29, 0.717) is 12.1 Å². The first kappa shape index (κ1) is 30.9. The fourth-order valence-electron chi connectivity index (χ4n) is 4.40. The summed E-state index contributed by atoms with van der Waals surface area (Å²) in [5.74, 6) is -0.743. The summed E-state index contributed by atoms with van der Waals surface area (Å²) in [4.78, 5) is 29.1. The van der Waals surface area contributed by atoms with Gasteiger partial charge in [-0.3, -0.25) is 13.9 Å². The van der Waals surface area contributed by atoms with Gasteiger partial charge in [-0.1, -0.05) is 61.0 Å². The summed E-state index contributed by atoms with van der Waals surface area (Å²) in [6.07, 6.45) is 0.370. The average molecular weight is 564 g/mol. The number of anilines is 1. The molecular formula is C32H41N3O4S. The normalized spacial score (nSPS) is 12.5. The molecule has 1 N–H and O–H groups in total. The largest absolute Gasteiger partial charge is 0.350 e. The second kappa shape index (κ2) is 12.7. The average Bonchev–Trinajstić information content (AvgIpc) is 2.88. The number of benzene rings is 3. The third kappa shape index (κ3) is 7.72. The fraction of sp³-hybridized carbons (Fsp3) is 0.375. The Hall–Kier alpha value is -3.65. The lowest BCUT2D eigenvalue weighted by Gasteiger charge is -2.35. The van der Waals surface area contributed by atoms with Gasteiger partial charge in [0.15, 0.2) is 0 Å². The summed E-state index contributed by atoms with van der Waals surface area (Å²) in [5, 5.41) is 2.99. The number of carbonyl (C=O) groups excluding carboxylic acids is 2. The fourth-order valence-corrected chi connectivity index (χ4v) is 5.81. The van der Waals surface area contributed by atoms with Gasteiger partial charge in [0.2, 0.25) is 11.8 Å². The van der Waals surface area contributed by atoms with E-state index < -0.39 is 34.1 Å². The van der Waals surface area contributed by atoms with Gasteiger partial charge in [-0.25, -0.2) is 8.42 Å². The highest BCUT2D eigenvalue weighted by molar-refractivity contribution is 7.92. The van der Waals surface area contributed by atoms with Crippen molar-refractivity contribution in [2.24, 2.45) is 0 Å². The molecule has 0 aliphatic heterocycles. The minimum absolute atomic E-state index is 0.0938. The van der Waals surface area contributed by atoms with Crippen LogP contribution in [0.3, 0.4) is 0 Å². The molecule has 0 spiro atoms. The van der Waals surface area contributed by atoms with Gasteiger partial charge in [0.05, 0.1) is 10.6 Å². The summed E-state index contributed by atoms with van der Waals surface area (Å²) >= 11 is 0. The predicted octanol–water partition coefficient (Wildman–Crippen LogP) is 5.53. The number of sulfonamides is 1. The first-order valence-corrected chi connectivity index (χ1v) is 15.0. The number of aryl methyl sites for hydroxylation is 3. The summed E-state index contributed by atoms with van der Waals surface area (Å²) in [7, 11) is -4.10. The number of rotatable bonds is 10. The third-order valence-electron chi connectivity index (χ3n) is 6.75. The van der Waals surface area contributed by atoms with Gasteiger partial charge in [-0.2, -0.15) is 0 Å². The minimum atomic E-state index is -4.10. The molecule has 3 aromatic rings. The maximum absolute atomic E-state index is 14.1. The molecule has 40 heavy (non-hydrogen) atoms. The zero-order valence-corrected chi connectivity index (χ0v) is 25.4. The molecular weight excluding hydrogens is 522 g/mol. The third-order valence-corrected chi connectivity index (χ3v) is 8.53. The molecule has 0 radical (unpaired) electrons. The van der Waals surface area contributed by atoms with Crippen LogP contribution in [0, 0.1) is 20.8 Å². The van der Waals surface area contributed by atoms with E-state index in [-0.39, 0.29) is 17.3 Å². The Kier molecular flexibility index (Phi) is 9.79. The smallest absolute Gasteiger partial charge is 0.264 e. The molecule has 7 nitrogen and oxygen atoms in total. The van der Waals surface area contributed by atoms with Crippen molar-refractivity contribution in [2.45, 2.75) is 77.9 Å². The Bertz CT molecular complexity index is 1430. The first-order chi connectivity index (χ1) is 18.7. The SMILES string of the molecule is CC[C@H](C(=O)NC(C)(C)C)N(Cc1ccccc1)C(=O)CN(c1ccc(C)c(C)c1)S(=O)(=O)c1ccc(C)cc1. The Labute approximate surface area is 239 Å². The van der Waals surface area contributed by atoms with Crippen molar-refractivity contribution < 1.29 is 18.0 Å². The molecule has 3 rings (SSSR count). The van der Waals surface area contributed by atoms with Gasteiger partial charge < -0.3 is 10.2 Å². The summed E-state index contributed by atoms with van der Waals surface area (Å²) in [5.41, 5.74) is 3.59. The number of hydrogen-bond donors (Lipinski definition) is 1. The Morgan fingerprint density at radius 2 is 1.50 bits per heavy atom. The molecule has 0 aromatic heterocycles. The van der Waals surface area contributed by atoms with Crippen molar-refractivity contribution in [2.75, 3.05) is 10.8 Å². The van der Waals surface area contributed by atoms with Crippen LogP contribution in [0.4, 0.5) is 5.69 Å². The van der Waals surface area contributed by atoms with Crippen LogP contribution >= 0.6 is 0 Å². The summed E-state index contributed by atoms with van der Waals surface area (Å²) in [6.45, 7) is 13.0. The molecule has 0 bridgehead atoms. The number of nitrogens with one attached hydrogen (secondary N) is 1. The number of nitrogens with zero attached hydrogens (tertiary/aromatic N) is 2. The molecule has 0 saturated carbocycles. The van der Waals surface area contributed by atoms with Gasteiger partial charge in [0.25, 0.3) is 10.0 Å². The van der Waals surface area contributed by atoms with Gasteiger partial charge in [0.1, 0.15) is 12.6 Å². The van der Waals surface area contributed by atoms with E-state index in [0.717, 1.165) is 26.6 Å². The molecule has 0 heterocycles. The van der Waals surface area contributed by atoms with Crippen LogP contribution in [0.15, 0.2) is 77.7 Å². The van der Waals surface area contributed by atoms with Gasteiger partial charge in [0, 0.05) is 12.1 Å². The Morgan fingerprint density at radius 1 is 0.875 bits per heavy atom. The van der Waals surface area contributed by atoms with Gasteiger partial charge in [-0.05, 0) is 88.9 Å². The van der Waals surface area contributed by atoms with Crippen LogP contribution in [0.2, 0.25) is 0 Å². The molecule has 2 amide bonds. The van der Waals surface area contributed by atoms with E-state index in [2.05, 4.69) is 5.32 Å². The predicted molar refractivity (Wildman–Crippen MR) is 161 cm³/mol. The standard InChI is InChI=1S/C32H41N3O4S/c1-8-29(31(37)33-32(5,6)7)34(21-26-12-10-9-11-13-26)30(36)22-35(27-17-16-24(3)25(4)20-27)40(38,39)28-18-14-23(2)15-19-28/h9-20,29H,8,21-22H2,1-7H3,(H,33,37)/t29-/m1/s1. The van der Waals surface area contributed by atoms with Crippen LogP contribution in [0.25, 0.3) is 0 Å². The highest BCUT2D eigenvalue weighted by Gasteiger charge is 2.34. The second-order valence-electron chi connectivity index (χ2n) is 11.3. The molecule has 0 saturated heterocycles. The number of carbonyl (C=O) groups is 2. The van der Waals surface area contributed by atoms with Crippen molar-refractivity contribution in [3.05, 3.63) is 95.1 Å². The minimum Gasteiger partial charge on any atom is -0.350 e. The highest BCUT2D eigenvalue weighted by Crippen LogP contribution is 2.27. The molecule has 1 atom stereocenters. The van der Waals surface area contributed by atoms with Crippen LogP contribution in [0.5, 0.6) is 0 Å². The van der Waals surface area contributed by atoms with Crippen LogP contribution < -0.4 is 9.62 Å². The van der Waals surface area contributed by atoms with E-state index in [1.165, 1.54) is 4.90 Å². The molecule has 0 aliphatic rings. The van der Waals surface area contributed by atoms with Crippen LogP contribution in [-0.4, -0.2) is 43.3 Å². The molecule has 0 unspecified atom stereocenters. The topological polar surface area (TPSA) is 86.8 Å². The molecule has 214 valence electrons. The van der Waals surface area contributed by atoms with Crippen LogP contribution in [-0.2, 0) is 26.2 Å². The van der Waals surface area contributed by atoms with Crippen molar-refractivity contribution in [1.29, 1.82) is 0 Å². The Balaban J connectivity index is 2.08. The maximum Gasteiger partial charge on any atom is 0.264 e. The maximum atomic E-state index is 14.1. The summed E-state index contributed by atoms with van der Waals surface area (Å²) < 4.78 is 29.1. The van der Waals surface area contributed by atoms with E-state index in [9.17, 15) is 18.0 Å². The monoisotopic (exact) mass is 563 g/mol. The van der Waals surface area contributed by atoms with Crippen molar-refractivity contribution >= 4 is 27.5 Å². The van der Waals surface area contributed by atoms with Gasteiger partial charge >= 0.3 is 0 Å². The van der Waals surface area contributed by atoms with Gasteiger partial charge in [-0.15, -0.1) is 0 Å². The van der Waals surface area contributed by atoms with Crippen molar-refractivity contribution in [3.63, 3.8) is 0 Å². The van der Waals surface area contributed by atoms with E-state index in [1.807, 2.05) is 84.9 Å². The first-order valence-electron chi connectivity index (χ1n) is 13.5. The van der Waals surface area contributed by atoms with E-state index in [4.69, 9.17) is 0 Å². The van der Waals surface area contributed by atoms with E-state index >= 15 is 0 Å². The second-order valence-corrected chi connectivity index (χ2v) is 13.1.